The van der Waals surface area contributed by atoms with Gasteiger partial charge in [0.25, 0.3) is 0 Å². The van der Waals surface area contributed by atoms with E-state index in [4.69, 9.17) is 4.74 Å². The highest BCUT2D eigenvalue weighted by Gasteiger charge is 2.02. The van der Waals surface area contributed by atoms with Crippen LogP contribution in [0, 0.1) is 5.82 Å². The van der Waals surface area contributed by atoms with Gasteiger partial charge in [0.1, 0.15) is 11.6 Å². The molecule has 0 bridgehead atoms. The van der Waals surface area contributed by atoms with Gasteiger partial charge in [0.05, 0.1) is 6.61 Å². The smallest absolute Gasteiger partial charge is 0.123 e. The Balaban J connectivity index is 2.65. The molecular weight excluding hydrogens is 179 g/mol. The second kappa shape index (κ2) is 5.63. The quantitative estimate of drug-likeness (QED) is 0.654. The molecule has 14 heavy (non-hydrogen) atoms. The number of benzene rings is 1. The van der Waals surface area contributed by atoms with Crippen molar-refractivity contribution in [3.63, 3.8) is 0 Å². The maximum atomic E-state index is 12.9. The standard InChI is InChI=1S/C12H17FO/c1-3-5-8-14-12-7-6-11(13)9-10(12)4-2/h6-7,9H,3-5,8H2,1-2H3. The minimum atomic E-state index is -0.190. The Bertz CT molecular complexity index is 284. The predicted molar refractivity (Wildman–Crippen MR) is 56.2 cm³/mol. The summed E-state index contributed by atoms with van der Waals surface area (Å²) in [5.74, 6) is 0.632. The van der Waals surface area contributed by atoms with Crippen molar-refractivity contribution in [2.45, 2.75) is 33.1 Å². The van der Waals surface area contributed by atoms with Gasteiger partial charge in [-0.05, 0) is 36.6 Å². The van der Waals surface area contributed by atoms with Crippen LogP contribution in [0.15, 0.2) is 18.2 Å². The summed E-state index contributed by atoms with van der Waals surface area (Å²) in [6.45, 7) is 4.84. The first-order valence-electron chi connectivity index (χ1n) is 5.19. The van der Waals surface area contributed by atoms with Crippen LogP contribution in [-0.2, 0) is 6.42 Å². The highest BCUT2D eigenvalue weighted by molar-refractivity contribution is 5.33. The van der Waals surface area contributed by atoms with Crippen LogP contribution in [-0.4, -0.2) is 6.61 Å². The lowest BCUT2D eigenvalue weighted by Crippen LogP contribution is -1.99. The van der Waals surface area contributed by atoms with Crippen LogP contribution in [0.1, 0.15) is 32.3 Å². The van der Waals surface area contributed by atoms with Crippen molar-refractivity contribution in [1.29, 1.82) is 0 Å². The summed E-state index contributed by atoms with van der Waals surface area (Å²) in [5, 5.41) is 0. The largest absolute Gasteiger partial charge is 0.493 e. The van der Waals surface area contributed by atoms with E-state index in [0.29, 0.717) is 0 Å². The van der Waals surface area contributed by atoms with E-state index in [1.807, 2.05) is 6.92 Å². The molecule has 0 saturated carbocycles. The molecule has 0 aliphatic heterocycles. The summed E-state index contributed by atoms with van der Waals surface area (Å²) in [4.78, 5) is 0. The molecule has 0 unspecified atom stereocenters. The van der Waals surface area contributed by atoms with E-state index in [9.17, 15) is 4.39 Å². The molecular formula is C12H17FO. The van der Waals surface area contributed by atoms with Crippen molar-refractivity contribution < 1.29 is 9.13 Å². The first-order chi connectivity index (χ1) is 6.77. The number of rotatable bonds is 5. The Morgan fingerprint density at radius 2 is 2.07 bits per heavy atom. The summed E-state index contributed by atoms with van der Waals surface area (Å²) in [5.41, 5.74) is 0.945. The number of aryl methyl sites for hydroxylation is 1. The maximum Gasteiger partial charge on any atom is 0.123 e. The third-order valence-electron chi connectivity index (χ3n) is 2.16. The van der Waals surface area contributed by atoms with E-state index in [0.717, 1.165) is 37.2 Å². The third-order valence-corrected chi connectivity index (χ3v) is 2.16. The van der Waals surface area contributed by atoms with Crippen LogP contribution in [0.2, 0.25) is 0 Å². The van der Waals surface area contributed by atoms with Crippen molar-refractivity contribution in [3.8, 4) is 5.75 Å². The lowest BCUT2D eigenvalue weighted by molar-refractivity contribution is 0.306. The first-order valence-corrected chi connectivity index (χ1v) is 5.19. The van der Waals surface area contributed by atoms with Crippen molar-refractivity contribution >= 4 is 0 Å². The first kappa shape index (κ1) is 11.0. The SMILES string of the molecule is CCCCOc1ccc(F)cc1CC. The summed E-state index contributed by atoms with van der Waals surface area (Å²) >= 11 is 0. The predicted octanol–water partition coefficient (Wildman–Crippen LogP) is 3.57. The van der Waals surface area contributed by atoms with E-state index in [2.05, 4.69) is 6.92 Å². The van der Waals surface area contributed by atoms with Gasteiger partial charge in [0, 0.05) is 0 Å². The van der Waals surface area contributed by atoms with Crippen molar-refractivity contribution in [1.82, 2.24) is 0 Å². The average Bonchev–Trinajstić information content (AvgIpc) is 2.20. The van der Waals surface area contributed by atoms with Gasteiger partial charge in [0.2, 0.25) is 0 Å². The minimum Gasteiger partial charge on any atom is -0.493 e. The number of hydrogen-bond donors (Lipinski definition) is 0. The van der Waals surface area contributed by atoms with Crippen LogP contribution in [0.5, 0.6) is 5.75 Å². The van der Waals surface area contributed by atoms with Crippen LogP contribution in [0.25, 0.3) is 0 Å². The number of hydrogen-bond acceptors (Lipinski definition) is 1. The van der Waals surface area contributed by atoms with Gasteiger partial charge in [-0.15, -0.1) is 0 Å². The molecule has 1 nitrogen and oxygen atoms in total. The van der Waals surface area contributed by atoms with Crippen molar-refractivity contribution in [2.24, 2.45) is 0 Å². The number of ether oxygens (including phenoxy) is 1. The van der Waals surface area contributed by atoms with E-state index < -0.39 is 0 Å². The topological polar surface area (TPSA) is 9.23 Å². The highest BCUT2D eigenvalue weighted by Crippen LogP contribution is 2.20. The Morgan fingerprint density at radius 3 is 2.71 bits per heavy atom. The van der Waals surface area contributed by atoms with Gasteiger partial charge < -0.3 is 4.74 Å². The average molecular weight is 196 g/mol. The minimum absolute atomic E-state index is 0.190. The molecule has 1 aromatic rings. The zero-order valence-corrected chi connectivity index (χ0v) is 8.85. The molecule has 0 aliphatic carbocycles. The lowest BCUT2D eigenvalue weighted by atomic mass is 10.1. The van der Waals surface area contributed by atoms with E-state index in [1.54, 1.807) is 12.1 Å². The molecule has 0 atom stereocenters. The van der Waals surface area contributed by atoms with Gasteiger partial charge in [-0.2, -0.15) is 0 Å². The molecule has 0 fully saturated rings. The van der Waals surface area contributed by atoms with Gasteiger partial charge in [-0.1, -0.05) is 20.3 Å². The zero-order chi connectivity index (χ0) is 10.4. The molecule has 0 aromatic heterocycles. The molecule has 1 rings (SSSR count). The number of halogens is 1. The second-order valence-corrected chi connectivity index (χ2v) is 3.31. The van der Waals surface area contributed by atoms with Gasteiger partial charge in [0.15, 0.2) is 0 Å². The lowest BCUT2D eigenvalue weighted by Gasteiger charge is -2.09. The van der Waals surface area contributed by atoms with Crippen LogP contribution in [0.4, 0.5) is 4.39 Å². The van der Waals surface area contributed by atoms with Crippen molar-refractivity contribution in [2.75, 3.05) is 6.61 Å². The fourth-order valence-electron chi connectivity index (χ4n) is 1.29. The van der Waals surface area contributed by atoms with Gasteiger partial charge in [-0.3, -0.25) is 0 Å². The van der Waals surface area contributed by atoms with Crippen molar-refractivity contribution in [3.05, 3.63) is 29.6 Å². The maximum absolute atomic E-state index is 12.9. The molecule has 1 aromatic carbocycles. The summed E-state index contributed by atoms with van der Waals surface area (Å²) < 4.78 is 18.4. The molecule has 0 spiro atoms. The highest BCUT2D eigenvalue weighted by atomic mass is 19.1. The fraction of sp³-hybridized carbons (Fsp3) is 0.500. The second-order valence-electron chi connectivity index (χ2n) is 3.31. The Morgan fingerprint density at radius 1 is 1.29 bits per heavy atom. The normalized spacial score (nSPS) is 10.2. The van der Waals surface area contributed by atoms with Gasteiger partial charge >= 0.3 is 0 Å². The Hall–Kier alpha value is -1.05. The molecule has 78 valence electrons. The third kappa shape index (κ3) is 3.02. The Kier molecular flexibility index (Phi) is 4.44. The monoisotopic (exact) mass is 196 g/mol. The van der Waals surface area contributed by atoms with Crippen LogP contribution in [0.3, 0.4) is 0 Å². The zero-order valence-electron chi connectivity index (χ0n) is 8.85. The molecule has 0 amide bonds. The number of unbranched alkanes of at least 4 members (excludes halogenated alkanes) is 1. The van der Waals surface area contributed by atoms with Gasteiger partial charge in [-0.25, -0.2) is 4.39 Å². The Labute approximate surface area is 84.9 Å². The fourth-order valence-corrected chi connectivity index (χ4v) is 1.29. The van der Waals surface area contributed by atoms with E-state index in [-0.39, 0.29) is 5.82 Å². The van der Waals surface area contributed by atoms with E-state index in [1.165, 1.54) is 6.07 Å². The molecule has 0 saturated heterocycles. The molecule has 0 heterocycles. The summed E-state index contributed by atoms with van der Waals surface area (Å²) in [7, 11) is 0. The molecule has 0 radical (unpaired) electrons. The summed E-state index contributed by atoms with van der Waals surface area (Å²) in [6.07, 6.45) is 2.96. The van der Waals surface area contributed by atoms with Crippen LogP contribution < -0.4 is 4.74 Å². The molecule has 2 heteroatoms. The molecule has 0 aliphatic rings. The van der Waals surface area contributed by atoms with Crippen LogP contribution >= 0.6 is 0 Å². The summed E-state index contributed by atoms with van der Waals surface area (Å²) in [6, 6.07) is 4.70. The van der Waals surface area contributed by atoms with E-state index >= 15 is 0 Å². The molecule has 0 N–H and O–H groups in total.